The molecule has 2 aliphatic rings. The fourth-order valence-corrected chi connectivity index (χ4v) is 4.51. The van der Waals surface area contributed by atoms with E-state index in [0.29, 0.717) is 22.3 Å². The van der Waals surface area contributed by atoms with Crippen LogP contribution in [0.4, 0.5) is 10.1 Å². The van der Waals surface area contributed by atoms with Crippen LogP contribution in [0.2, 0.25) is 0 Å². The molecule has 0 radical (unpaired) electrons. The van der Waals surface area contributed by atoms with E-state index >= 15 is 0 Å². The second-order valence-corrected chi connectivity index (χ2v) is 7.56. The van der Waals surface area contributed by atoms with E-state index in [1.165, 1.54) is 18.2 Å². The van der Waals surface area contributed by atoms with Crippen molar-refractivity contribution in [2.24, 2.45) is 5.92 Å². The minimum Gasteiger partial charge on any atom is -0.493 e. The summed E-state index contributed by atoms with van der Waals surface area (Å²) in [5.41, 5.74) is 0.0771. The van der Waals surface area contributed by atoms with Crippen LogP contribution in [0, 0.1) is 11.7 Å². The number of anilines is 1. The fraction of sp³-hybridized carbons (Fsp3) is 0.273. The van der Waals surface area contributed by atoms with E-state index < -0.39 is 23.7 Å². The standard InChI is InChI=1S/C22H21FN2O4S/c1-4-12-28-20(26)17-18-15-6-5-7-16(27-3)19(15)29-22(17,2)25(21(30)24-18)14-10-8-13(23)9-11-14/h4-11,17-18H,1,12H2,2-3H3,(H,24,30)/t17-,18-,22-/m0/s1. The van der Waals surface area contributed by atoms with Gasteiger partial charge in [0.1, 0.15) is 18.3 Å². The van der Waals surface area contributed by atoms with Crippen molar-refractivity contribution >= 4 is 29.0 Å². The number of thiocarbonyl (C=S) groups is 1. The lowest BCUT2D eigenvalue weighted by molar-refractivity contribution is -0.159. The Bertz CT molecular complexity index is 1010. The van der Waals surface area contributed by atoms with Crippen molar-refractivity contribution in [2.45, 2.75) is 18.7 Å². The number of nitrogens with one attached hydrogen (secondary N) is 1. The number of ether oxygens (including phenoxy) is 3. The molecule has 0 aromatic heterocycles. The highest BCUT2D eigenvalue weighted by molar-refractivity contribution is 7.80. The van der Waals surface area contributed by atoms with Gasteiger partial charge in [0.2, 0.25) is 5.72 Å². The maximum Gasteiger partial charge on any atom is 0.317 e. The Morgan fingerprint density at radius 1 is 1.37 bits per heavy atom. The molecule has 156 valence electrons. The Kier molecular flexibility index (Phi) is 5.11. The van der Waals surface area contributed by atoms with Crippen LogP contribution in [-0.2, 0) is 9.53 Å². The zero-order valence-corrected chi connectivity index (χ0v) is 17.4. The summed E-state index contributed by atoms with van der Waals surface area (Å²) >= 11 is 5.63. The maximum atomic E-state index is 13.5. The third kappa shape index (κ3) is 3.08. The van der Waals surface area contributed by atoms with Crippen LogP contribution < -0.4 is 19.7 Å². The highest BCUT2D eigenvalue weighted by Gasteiger charge is 2.60. The molecule has 1 fully saturated rings. The van der Waals surface area contributed by atoms with Gasteiger partial charge in [0, 0.05) is 11.3 Å². The van der Waals surface area contributed by atoms with Crippen molar-refractivity contribution in [3.05, 3.63) is 66.5 Å². The van der Waals surface area contributed by atoms with Gasteiger partial charge in [-0.15, -0.1) is 0 Å². The van der Waals surface area contributed by atoms with E-state index in [1.807, 2.05) is 12.1 Å². The van der Waals surface area contributed by atoms with Crippen LogP contribution in [0.15, 0.2) is 55.1 Å². The number of esters is 1. The number of nitrogens with zero attached hydrogens (tertiary/aromatic N) is 1. The molecule has 2 bridgehead atoms. The molecule has 2 heterocycles. The van der Waals surface area contributed by atoms with Crippen molar-refractivity contribution in [3.63, 3.8) is 0 Å². The Morgan fingerprint density at radius 3 is 2.77 bits per heavy atom. The average molecular weight is 428 g/mol. The first kappa shape index (κ1) is 20.2. The van der Waals surface area contributed by atoms with Crippen molar-refractivity contribution in [2.75, 3.05) is 18.6 Å². The molecule has 3 atom stereocenters. The quantitative estimate of drug-likeness (QED) is 0.442. The number of methoxy groups -OCH3 is 1. The number of hydrogen-bond donors (Lipinski definition) is 1. The number of hydrogen-bond acceptors (Lipinski definition) is 5. The Hall–Kier alpha value is -3.13. The zero-order chi connectivity index (χ0) is 21.5. The van der Waals surface area contributed by atoms with Crippen LogP contribution in [0.5, 0.6) is 11.5 Å². The summed E-state index contributed by atoms with van der Waals surface area (Å²) < 4.78 is 30.9. The van der Waals surface area contributed by atoms with Crippen LogP contribution >= 0.6 is 12.2 Å². The lowest BCUT2D eigenvalue weighted by atomic mass is 9.79. The molecule has 2 aliphatic heterocycles. The Labute approximate surface area is 179 Å². The molecule has 6 nitrogen and oxygen atoms in total. The monoisotopic (exact) mass is 428 g/mol. The molecule has 0 unspecified atom stereocenters. The lowest BCUT2D eigenvalue weighted by Crippen LogP contribution is -2.71. The molecule has 2 aromatic carbocycles. The SMILES string of the molecule is C=CCOC(=O)[C@@H]1[C@H]2NC(=S)N(c3ccc(F)cc3)[C@@]1(C)Oc1c(OC)cccc12. The van der Waals surface area contributed by atoms with E-state index in [2.05, 4.69) is 11.9 Å². The largest absolute Gasteiger partial charge is 0.493 e. The zero-order valence-electron chi connectivity index (χ0n) is 16.6. The molecular weight excluding hydrogens is 407 g/mol. The predicted octanol–water partition coefficient (Wildman–Crippen LogP) is 3.72. The number of rotatable bonds is 5. The Balaban J connectivity index is 1.89. The number of benzene rings is 2. The van der Waals surface area contributed by atoms with Gasteiger partial charge in [-0.2, -0.15) is 0 Å². The molecule has 1 saturated heterocycles. The number of carbonyl (C=O) groups is 1. The molecule has 0 saturated carbocycles. The number of para-hydroxylation sites is 1. The van der Waals surface area contributed by atoms with Crippen molar-refractivity contribution in [1.82, 2.24) is 5.32 Å². The van der Waals surface area contributed by atoms with Gasteiger partial charge >= 0.3 is 5.97 Å². The summed E-state index contributed by atoms with van der Waals surface area (Å²) in [6.45, 7) is 5.44. The van der Waals surface area contributed by atoms with E-state index in [0.717, 1.165) is 5.56 Å². The van der Waals surface area contributed by atoms with E-state index in [-0.39, 0.29) is 12.4 Å². The first-order valence-corrected chi connectivity index (χ1v) is 9.81. The Morgan fingerprint density at radius 2 is 2.10 bits per heavy atom. The first-order chi connectivity index (χ1) is 14.4. The summed E-state index contributed by atoms with van der Waals surface area (Å²) in [7, 11) is 1.55. The van der Waals surface area contributed by atoms with Crippen LogP contribution in [0.25, 0.3) is 0 Å². The first-order valence-electron chi connectivity index (χ1n) is 9.40. The van der Waals surface area contributed by atoms with Gasteiger partial charge in [0.15, 0.2) is 16.6 Å². The highest BCUT2D eigenvalue weighted by Crippen LogP contribution is 2.52. The van der Waals surface area contributed by atoms with Crippen molar-refractivity contribution in [1.29, 1.82) is 0 Å². The minimum absolute atomic E-state index is 0.0735. The van der Waals surface area contributed by atoms with E-state index in [4.69, 9.17) is 26.4 Å². The lowest BCUT2D eigenvalue weighted by Gasteiger charge is -2.55. The van der Waals surface area contributed by atoms with Gasteiger partial charge in [-0.3, -0.25) is 9.69 Å². The smallest absolute Gasteiger partial charge is 0.317 e. The molecule has 2 aromatic rings. The summed E-state index contributed by atoms with van der Waals surface area (Å²) in [5, 5.41) is 3.61. The molecule has 1 N–H and O–H groups in total. The van der Waals surface area contributed by atoms with Gasteiger partial charge < -0.3 is 19.5 Å². The number of carbonyl (C=O) groups excluding carboxylic acids is 1. The van der Waals surface area contributed by atoms with Gasteiger partial charge in [-0.1, -0.05) is 24.8 Å². The van der Waals surface area contributed by atoms with E-state index in [1.54, 1.807) is 37.1 Å². The van der Waals surface area contributed by atoms with Gasteiger partial charge in [0.05, 0.1) is 13.2 Å². The topological polar surface area (TPSA) is 60.0 Å². The number of fused-ring (bicyclic) bond motifs is 4. The third-order valence-electron chi connectivity index (χ3n) is 5.39. The molecular formula is C22H21FN2O4S. The summed E-state index contributed by atoms with van der Waals surface area (Å²) in [4.78, 5) is 14.8. The third-order valence-corrected chi connectivity index (χ3v) is 5.69. The molecule has 4 rings (SSSR count). The normalized spacial score (nSPS) is 24.2. The molecule has 30 heavy (non-hydrogen) atoms. The van der Waals surface area contributed by atoms with Crippen LogP contribution in [0.1, 0.15) is 18.5 Å². The van der Waals surface area contributed by atoms with Crippen LogP contribution in [0.3, 0.4) is 0 Å². The van der Waals surface area contributed by atoms with E-state index in [9.17, 15) is 9.18 Å². The molecule has 0 spiro atoms. The summed E-state index contributed by atoms with van der Waals surface area (Å²) in [5.74, 6) is -0.555. The molecule has 8 heteroatoms. The van der Waals surface area contributed by atoms with Crippen LogP contribution in [-0.4, -0.2) is 30.5 Å². The minimum atomic E-state index is -1.25. The summed E-state index contributed by atoms with van der Waals surface area (Å²) in [6, 6.07) is 10.8. The van der Waals surface area contributed by atoms with Gasteiger partial charge in [0.25, 0.3) is 0 Å². The van der Waals surface area contributed by atoms with Crippen molar-refractivity contribution in [3.8, 4) is 11.5 Å². The maximum absolute atomic E-state index is 13.5. The predicted molar refractivity (Wildman–Crippen MR) is 114 cm³/mol. The highest BCUT2D eigenvalue weighted by atomic mass is 32.1. The van der Waals surface area contributed by atoms with Gasteiger partial charge in [-0.05, 0) is 49.5 Å². The molecule has 0 amide bonds. The number of halogens is 1. The second kappa shape index (κ2) is 7.60. The summed E-state index contributed by atoms with van der Waals surface area (Å²) in [6.07, 6.45) is 1.51. The van der Waals surface area contributed by atoms with Crippen molar-refractivity contribution < 1.29 is 23.4 Å². The van der Waals surface area contributed by atoms with Gasteiger partial charge in [-0.25, -0.2) is 4.39 Å². The average Bonchev–Trinajstić information content (AvgIpc) is 2.72. The second-order valence-electron chi connectivity index (χ2n) is 7.17. The fourth-order valence-electron chi connectivity index (χ4n) is 4.10. The molecule has 0 aliphatic carbocycles.